The molecule has 0 aromatic carbocycles. The Morgan fingerprint density at radius 2 is 2.14 bits per heavy atom. The molecule has 2 rings (SSSR count). The number of nitro groups is 1. The highest BCUT2D eigenvalue weighted by Crippen LogP contribution is 2.17. The Labute approximate surface area is 120 Å². The smallest absolute Gasteiger partial charge is 0.358 e. The van der Waals surface area contributed by atoms with Crippen molar-refractivity contribution in [2.75, 3.05) is 7.05 Å². The van der Waals surface area contributed by atoms with Crippen molar-refractivity contribution in [1.29, 1.82) is 0 Å². The van der Waals surface area contributed by atoms with E-state index in [0.29, 0.717) is 11.6 Å². The van der Waals surface area contributed by atoms with Crippen molar-refractivity contribution >= 4 is 15.8 Å². The SMILES string of the molecule is Cc1nc(CN(C)S(=O)(=O)c2ccc([N+](=O)[O-])nc2)n[nH]1. The van der Waals surface area contributed by atoms with Crippen LogP contribution in [-0.4, -0.2) is 44.9 Å². The van der Waals surface area contributed by atoms with Crippen molar-refractivity contribution in [3.8, 4) is 0 Å². The number of aryl methyl sites for hydroxylation is 1. The van der Waals surface area contributed by atoms with Crippen LogP contribution in [0, 0.1) is 17.0 Å². The van der Waals surface area contributed by atoms with Crippen LogP contribution in [0.2, 0.25) is 0 Å². The van der Waals surface area contributed by atoms with Crippen molar-refractivity contribution in [3.05, 3.63) is 40.1 Å². The van der Waals surface area contributed by atoms with Gasteiger partial charge in [0.1, 0.15) is 10.7 Å². The lowest BCUT2D eigenvalue weighted by atomic mass is 10.5. The van der Waals surface area contributed by atoms with Gasteiger partial charge in [0.15, 0.2) is 12.0 Å². The zero-order valence-corrected chi connectivity index (χ0v) is 12.0. The Bertz CT molecular complexity index is 754. The molecular weight excluding hydrogens is 300 g/mol. The molecule has 2 aromatic heterocycles. The van der Waals surface area contributed by atoms with Crippen LogP contribution in [0.4, 0.5) is 5.82 Å². The summed E-state index contributed by atoms with van der Waals surface area (Å²) >= 11 is 0. The van der Waals surface area contributed by atoms with Crippen LogP contribution in [0.3, 0.4) is 0 Å². The van der Waals surface area contributed by atoms with Gasteiger partial charge in [0.05, 0.1) is 6.54 Å². The van der Waals surface area contributed by atoms with E-state index >= 15 is 0 Å². The van der Waals surface area contributed by atoms with Crippen LogP contribution in [0.1, 0.15) is 11.6 Å². The highest BCUT2D eigenvalue weighted by molar-refractivity contribution is 7.89. The summed E-state index contributed by atoms with van der Waals surface area (Å²) in [4.78, 5) is 17.2. The molecule has 0 saturated heterocycles. The third kappa shape index (κ3) is 3.20. The lowest BCUT2D eigenvalue weighted by molar-refractivity contribution is -0.389. The zero-order valence-electron chi connectivity index (χ0n) is 11.2. The summed E-state index contributed by atoms with van der Waals surface area (Å²) in [6.45, 7) is 1.68. The number of rotatable bonds is 5. The summed E-state index contributed by atoms with van der Waals surface area (Å²) in [5.74, 6) is 0.488. The van der Waals surface area contributed by atoms with Crippen LogP contribution in [0.5, 0.6) is 0 Å². The van der Waals surface area contributed by atoms with Gasteiger partial charge in [-0.1, -0.05) is 0 Å². The minimum absolute atomic E-state index is 0.0241. The van der Waals surface area contributed by atoms with Gasteiger partial charge in [-0.05, 0) is 22.9 Å². The van der Waals surface area contributed by atoms with E-state index in [9.17, 15) is 18.5 Å². The van der Waals surface area contributed by atoms with Gasteiger partial charge < -0.3 is 10.1 Å². The van der Waals surface area contributed by atoms with Gasteiger partial charge in [-0.15, -0.1) is 0 Å². The van der Waals surface area contributed by atoms with E-state index in [2.05, 4.69) is 20.2 Å². The first-order valence-corrected chi connectivity index (χ1v) is 7.19. The van der Waals surface area contributed by atoms with Gasteiger partial charge in [0.2, 0.25) is 10.0 Å². The van der Waals surface area contributed by atoms with Gasteiger partial charge in [-0.2, -0.15) is 9.40 Å². The van der Waals surface area contributed by atoms with Crippen molar-refractivity contribution in [1.82, 2.24) is 24.5 Å². The van der Waals surface area contributed by atoms with Gasteiger partial charge >= 0.3 is 5.82 Å². The molecule has 21 heavy (non-hydrogen) atoms. The Morgan fingerprint density at radius 1 is 1.43 bits per heavy atom. The van der Waals surface area contributed by atoms with E-state index in [1.165, 1.54) is 7.05 Å². The second kappa shape index (κ2) is 5.54. The number of aromatic nitrogens is 4. The number of H-pyrrole nitrogens is 1. The summed E-state index contributed by atoms with van der Waals surface area (Å²) < 4.78 is 25.6. The fourth-order valence-corrected chi connectivity index (χ4v) is 2.63. The third-order valence-corrected chi connectivity index (χ3v) is 4.41. The lowest BCUT2D eigenvalue weighted by Crippen LogP contribution is -2.27. The third-order valence-electron chi connectivity index (χ3n) is 2.62. The lowest BCUT2D eigenvalue weighted by Gasteiger charge is -2.14. The molecule has 2 heterocycles. The first-order valence-electron chi connectivity index (χ1n) is 5.75. The number of pyridine rings is 1. The highest BCUT2D eigenvalue weighted by atomic mass is 32.2. The average Bonchev–Trinajstić information content (AvgIpc) is 2.84. The molecule has 0 saturated carbocycles. The maximum atomic E-state index is 12.3. The Morgan fingerprint density at radius 3 is 2.62 bits per heavy atom. The van der Waals surface area contributed by atoms with Crippen LogP contribution >= 0.6 is 0 Å². The van der Waals surface area contributed by atoms with E-state index in [1.54, 1.807) is 6.92 Å². The van der Waals surface area contributed by atoms with Crippen molar-refractivity contribution in [2.45, 2.75) is 18.4 Å². The van der Waals surface area contributed by atoms with Crippen LogP contribution in [-0.2, 0) is 16.6 Å². The molecule has 2 aromatic rings. The van der Waals surface area contributed by atoms with Gasteiger partial charge in [0.25, 0.3) is 0 Å². The summed E-state index contributed by atoms with van der Waals surface area (Å²) in [6, 6.07) is 2.18. The minimum atomic E-state index is -3.82. The largest absolute Gasteiger partial charge is 0.363 e. The second-order valence-electron chi connectivity index (χ2n) is 4.21. The standard InChI is InChI=1S/C10H12N6O4S/c1-7-12-9(14-13-7)6-15(2)21(19,20)8-3-4-10(11-5-8)16(17)18/h3-5H,6H2,1-2H3,(H,12,13,14). The molecular formula is C10H12N6O4S. The zero-order chi connectivity index (χ0) is 15.6. The first kappa shape index (κ1) is 15.0. The number of aromatic amines is 1. The van der Waals surface area contributed by atoms with Crippen LogP contribution < -0.4 is 0 Å². The van der Waals surface area contributed by atoms with E-state index in [-0.39, 0.29) is 11.4 Å². The molecule has 112 valence electrons. The predicted octanol–water partition coefficient (Wildman–Crippen LogP) is 0.237. The highest BCUT2D eigenvalue weighted by Gasteiger charge is 2.24. The van der Waals surface area contributed by atoms with Crippen LogP contribution in [0.25, 0.3) is 0 Å². The maximum absolute atomic E-state index is 12.3. The minimum Gasteiger partial charge on any atom is -0.358 e. The molecule has 0 aliphatic heterocycles. The molecule has 0 aliphatic rings. The maximum Gasteiger partial charge on any atom is 0.363 e. The topological polar surface area (TPSA) is 135 Å². The second-order valence-corrected chi connectivity index (χ2v) is 6.25. The number of hydrogen-bond donors (Lipinski definition) is 1. The molecule has 11 heteroatoms. The van der Waals surface area contributed by atoms with E-state index in [4.69, 9.17) is 0 Å². The molecule has 10 nitrogen and oxygen atoms in total. The summed E-state index contributed by atoms with van der Waals surface area (Å²) in [5, 5.41) is 17.0. The van der Waals surface area contributed by atoms with Crippen molar-refractivity contribution < 1.29 is 13.3 Å². The summed E-state index contributed by atoms with van der Waals surface area (Å²) in [6.07, 6.45) is 0.952. The van der Waals surface area contributed by atoms with Gasteiger partial charge in [0, 0.05) is 13.1 Å². The molecule has 1 N–H and O–H groups in total. The van der Waals surface area contributed by atoms with Crippen LogP contribution in [0.15, 0.2) is 23.2 Å². The Hall–Kier alpha value is -2.40. The molecule has 0 spiro atoms. The molecule has 0 aliphatic carbocycles. The Kier molecular flexibility index (Phi) is 3.95. The molecule has 0 radical (unpaired) electrons. The van der Waals surface area contributed by atoms with Gasteiger partial charge in [-0.25, -0.2) is 13.4 Å². The normalized spacial score (nSPS) is 11.8. The van der Waals surface area contributed by atoms with Crippen molar-refractivity contribution in [3.63, 3.8) is 0 Å². The fraction of sp³-hybridized carbons (Fsp3) is 0.300. The van der Waals surface area contributed by atoms with E-state index < -0.39 is 20.8 Å². The number of nitrogens with zero attached hydrogens (tertiary/aromatic N) is 5. The van der Waals surface area contributed by atoms with Crippen molar-refractivity contribution in [2.24, 2.45) is 0 Å². The monoisotopic (exact) mass is 312 g/mol. The summed E-state index contributed by atoms with van der Waals surface area (Å²) in [5.41, 5.74) is 0. The number of hydrogen-bond acceptors (Lipinski definition) is 7. The Balaban J connectivity index is 2.22. The van der Waals surface area contributed by atoms with E-state index in [0.717, 1.165) is 22.6 Å². The quantitative estimate of drug-likeness (QED) is 0.617. The summed E-state index contributed by atoms with van der Waals surface area (Å²) in [7, 11) is -2.45. The number of nitrogens with one attached hydrogen (secondary N) is 1. The van der Waals surface area contributed by atoms with Gasteiger partial charge in [-0.3, -0.25) is 5.10 Å². The first-order chi connectivity index (χ1) is 9.80. The molecule has 0 fully saturated rings. The average molecular weight is 312 g/mol. The number of sulfonamides is 1. The fourth-order valence-electron chi connectivity index (χ4n) is 1.56. The molecule has 0 amide bonds. The van der Waals surface area contributed by atoms with E-state index in [1.807, 2.05) is 0 Å². The predicted molar refractivity (Wildman–Crippen MR) is 70.7 cm³/mol. The molecule has 0 unspecified atom stereocenters. The molecule has 0 atom stereocenters. The molecule has 0 bridgehead atoms.